The SMILES string of the molecule is C=CCCNC(=O)C(C)Oc1cccc(F)c1. The van der Waals surface area contributed by atoms with Gasteiger partial charge in [-0.3, -0.25) is 4.79 Å². The molecule has 1 atom stereocenters. The number of hydrogen-bond acceptors (Lipinski definition) is 2. The molecule has 1 aromatic carbocycles. The van der Waals surface area contributed by atoms with Gasteiger partial charge in [-0.05, 0) is 25.5 Å². The minimum absolute atomic E-state index is 0.226. The number of carbonyl (C=O) groups is 1. The van der Waals surface area contributed by atoms with Crippen molar-refractivity contribution in [2.24, 2.45) is 0 Å². The molecule has 3 nitrogen and oxygen atoms in total. The number of hydrogen-bond donors (Lipinski definition) is 1. The Hall–Kier alpha value is -1.84. The van der Waals surface area contributed by atoms with Crippen LogP contribution in [0.2, 0.25) is 0 Å². The molecule has 1 rings (SSSR count). The number of rotatable bonds is 6. The molecule has 0 saturated heterocycles. The molecule has 1 aromatic rings. The topological polar surface area (TPSA) is 38.3 Å². The zero-order valence-corrected chi connectivity index (χ0v) is 9.78. The third-order valence-electron chi connectivity index (χ3n) is 2.13. The van der Waals surface area contributed by atoms with Gasteiger partial charge in [-0.15, -0.1) is 6.58 Å². The Morgan fingerprint density at radius 3 is 3.06 bits per heavy atom. The van der Waals surface area contributed by atoms with E-state index in [1.807, 2.05) is 0 Å². The Balaban J connectivity index is 2.45. The van der Waals surface area contributed by atoms with Crippen molar-refractivity contribution in [1.82, 2.24) is 5.32 Å². The average Bonchev–Trinajstić information content (AvgIpc) is 2.29. The van der Waals surface area contributed by atoms with Gasteiger partial charge in [0.15, 0.2) is 6.10 Å². The van der Waals surface area contributed by atoms with Crippen LogP contribution in [0.5, 0.6) is 5.75 Å². The molecule has 0 fully saturated rings. The van der Waals surface area contributed by atoms with Crippen molar-refractivity contribution in [3.05, 3.63) is 42.7 Å². The van der Waals surface area contributed by atoms with Gasteiger partial charge in [0.1, 0.15) is 11.6 Å². The number of carbonyl (C=O) groups excluding carboxylic acids is 1. The minimum atomic E-state index is -0.651. The highest BCUT2D eigenvalue weighted by Crippen LogP contribution is 2.13. The van der Waals surface area contributed by atoms with Crippen LogP contribution in [0.1, 0.15) is 13.3 Å². The summed E-state index contributed by atoms with van der Waals surface area (Å²) in [6.07, 6.45) is 1.78. The van der Waals surface area contributed by atoms with Gasteiger partial charge in [0.05, 0.1) is 0 Å². The van der Waals surface area contributed by atoms with E-state index in [0.29, 0.717) is 18.7 Å². The summed E-state index contributed by atoms with van der Waals surface area (Å²) in [5.74, 6) is -0.269. The van der Waals surface area contributed by atoms with Gasteiger partial charge in [0.25, 0.3) is 5.91 Å². The third kappa shape index (κ3) is 4.68. The van der Waals surface area contributed by atoms with Crippen molar-refractivity contribution in [2.45, 2.75) is 19.4 Å². The largest absolute Gasteiger partial charge is 0.481 e. The standard InChI is InChI=1S/C13H16FNO2/c1-3-4-8-15-13(16)10(2)17-12-7-5-6-11(14)9-12/h3,5-7,9-10H,1,4,8H2,2H3,(H,15,16). The monoisotopic (exact) mass is 237 g/mol. The van der Waals surface area contributed by atoms with Crippen molar-refractivity contribution in [3.8, 4) is 5.75 Å². The van der Waals surface area contributed by atoms with E-state index in [1.165, 1.54) is 18.2 Å². The summed E-state index contributed by atoms with van der Waals surface area (Å²) in [6.45, 7) is 5.70. The molecular weight excluding hydrogens is 221 g/mol. The first kappa shape index (κ1) is 13.2. The third-order valence-corrected chi connectivity index (χ3v) is 2.13. The van der Waals surface area contributed by atoms with E-state index >= 15 is 0 Å². The molecule has 0 heterocycles. The van der Waals surface area contributed by atoms with E-state index in [-0.39, 0.29) is 11.7 Å². The van der Waals surface area contributed by atoms with Crippen molar-refractivity contribution < 1.29 is 13.9 Å². The van der Waals surface area contributed by atoms with Crippen LogP contribution in [0.25, 0.3) is 0 Å². The molecule has 0 spiro atoms. The fraction of sp³-hybridized carbons (Fsp3) is 0.308. The zero-order valence-electron chi connectivity index (χ0n) is 9.78. The fourth-order valence-electron chi connectivity index (χ4n) is 1.24. The molecule has 0 aliphatic rings. The normalized spacial score (nSPS) is 11.6. The lowest BCUT2D eigenvalue weighted by atomic mass is 10.3. The van der Waals surface area contributed by atoms with Gasteiger partial charge in [-0.25, -0.2) is 4.39 Å². The molecule has 1 amide bonds. The summed E-state index contributed by atoms with van der Waals surface area (Å²) in [7, 11) is 0. The van der Waals surface area contributed by atoms with Crippen molar-refractivity contribution in [1.29, 1.82) is 0 Å². The van der Waals surface area contributed by atoms with Gasteiger partial charge in [0.2, 0.25) is 0 Å². The second-order valence-electron chi connectivity index (χ2n) is 3.59. The second kappa shape index (κ2) is 6.68. The van der Waals surface area contributed by atoms with Gasteiger partial charge in [-0.2, -0.15) is 0 Å². The summed E-state index contributed by atoms with van der Waals surface area (Å²) >= 11 is 0. The van der Waals surface area contributed by atoms with Crippen molar-refractivity contribution >= 4 is 5.91 Å². The number of nitrogens with one attached hydrogen (secondary N) is 1. The molecule has 1 unspecified atom stereocenters. The van der Waals surface area contributed by atoms with E-state index in [0.717, 1.165) is 0 Å². The molecule has 1 N–H and O–H groups in total. The maximum Gasteiger partial charge on any atom is 0.260 e. The summed E-state index contributed by atoms with van der Waals surface area (Å²) < 4.78 is 18.2. The predicted molar refractivity (Wildman–Crippen MR) is 64.3 cm³/mol. The van der Waals surface area contributed by atoms with Gasteiger partial charge < -0.3 is 10.1 Å². The minimum Gasteiger partial charge on any atom is -0.481 e. The van der Waals surface area contributed by atoms with E-state index < -0.39 is 6.10 Å². The Morgan fingerprint density at radius 2 is 2.41 bits per heavy atom. The van der Waals surface area contributed by atoms with Crippen LogP contribution >= 0.6 is 0 Å². The lowest BCUT2D eigenvalue weighted by Crippen LogP contribution is -2.36. The summed E-state index contributed by atoms with van der Waals surface area (Å²) in [5.41, 5.74) is 0. The van der Waals surface area contributed by atoms with Gasteiger partial charge >= 0.3 is 0 Å². The molecule has 0 aliphatic carbocycles. The molecule has 0 saturated carbocycles. The maximum atomic E-state index is 12.9. The van der Waals surface area contributed by atoms with Crippen LogP contribution in [0.15, 0.2) is 36.9 Å². The van der Waals surface area contributed by atoms with Crippen LogP contribution in [0.3, 0.4) is 0 Å². The Labute approximate surface area is 100 Å². The van der Waals surface area contributed by atoms with E-state index in [1.54, 1.807) is 19.1 Å². The maximum absolute atomic E-state index is 12.9. The molecule has 0 radical (unpaired) electrons. The first-order chi connectivity index (χ1) is 8.13. The number of benzene rings is 1. The number of ether oxygens (including phenoxy) is 1. The summed E-state index contributed by atoms with van der Waals surface area (Å²) in [5, 5.41) is 2.69. The lowest BCUT2D eigenvalue weighted by molar-refractivity contribution is -0.127. The molecule has 0 aromatic heterocycles. The Bertz CT molecular complexity index is 393. The van der Waals surface area contributed by atoms with Crippen LogP contribution in [-0.2, 0) is 4.79 Å². The van der Waals surface area contributed by atoms with Crippen LogP contribution < -0.4 is 10.1 Å². The van der Waals surface area contributed by atoms with E-state index in [4.69, 9.17) is 4.74 Å². The highest BCUT2D eigenvalue weighted by Gasteiger charge is 2.13. The van der Waals surface area contributed by atoms with Crippen LogP contribution in [0, 0.1) is 5.82 Å². The lowest BCUT2D eigenvalue weighted by Gasteiger charge is -2.14. The average molecular weight is 237 g/mol. The van der Waals surface area contributed by atoms with Gasteiger partial charge in [-0.1, -0.05) is 12.1 Å². The molecule has 4 heteroatoms. The smallest absolute Gasteiger partial charge is 0.260 e. The quantitative estimate of drug-likeness (QED) is 0.609. The van der Waals surface area contributed by atoms with E-state index in [9.17, 15) is 9.18 Å². The number of halogens is 1. The molecular formula is C13H16FNO2. The molecule has 0 bridgehead atoms. The summed E-state index contributed by atoms with van der Waals surface area (Å²) in [4.78, 5) is 11.5. The zero-order chi connectivity index (χ0) is 12.7. The Morgan fingerprint density at radius 1 is 1.65 bits per heavy atom. The summed E-state index contributed by atoms with van der Waals surface area (Å²) in [6, 6.07) is 5.71. The highest BCUT2D eigenvalue weighted by atomic mass is 19.1. The first-order valence-electron chi connectivity index (χ1n) is 5.44. The molecule has 0 aliphatic heterocycles. The van der Waals surface area contributed by atoms with Crippen molar-refractivity contribution in [2.75, 3.05) is 6.54 Å². The van der Waals surface area contributed by atoms with E-state index in [2.05, 4.69) is 11.9 Å². The highest BCUT2D eigenvalue weighted by molar-refractivity contribution is 5.80. The Kier molecular flexibility index (Phi) is 5.20. The number of amides is 1. The fourth-order valence-corrected chi connectivity index (χ4v) is 1.24. The predicted octanol–water partition coefficient (Wildman–Crippen LogP) is 2.29. The van der Waals surface area contributed by atoms with Crippen LogP contribution in [0.4, 0.5) is 4.39 Å². The van der Waals surface area contributed by atoms with Crippen molar-refractivity contribution in [3.63, 3.8) is 0 Å². The van der Waals surface area contributed by atoms with Crippen LogP contribution in [-0.4, -0.2) is 18.6 Å². The first-order valence-corrected chi connectivity index (χ1v) is 5.44. The second-order valence-corrected chi connectivity index (χ2v) is 3.59. The molecule has 17 heavy (non-hydrogen) atoms. The molecule has 92 valence electrons. The van der Waals surface area contributed by atoms with Gasteiger partial charge in [0, 0.05) is 12.6 Å².